The van der Waals surface area contributed by atoms with Crippen molar-refractivity contribution in [2.24, 2.45) is 0 Å². The smallest absolute Gasteiger partial charge is 0.416 e. The Balaban J connectivity index is 3.17. The molecule has 0 fully saturated rings. The molecule has 0 aliphatic carbocycles. The molecular weight excluding hydrogens is 273 g/mol. The fraction of sp³-hybridized carbons (Fsp3) is 0.300. The normalized spacial score (nSPS) is 14.2. The van der Waals surface area contributed by atoms with Crippen LogP contribution in [0.4, 0.5) is 13.2 Å². The second-order valence-corrected chi connectivity index (χ2v) is 5.82. The number of aliphatic carboxylic acids is 1. The summed E-state index contributed by atoms with van der Waals surface area (Å²) < 4.78 is 60.1. The number of hydrogen-bond acceptors (Lipinski definition) is 3. The lowest BCUT2D eigenvalue weighted by atomic mass is 10.2. The molecule has 1 aromatic rings. The van der Waals surface area contributed by atoms with Gasteiger partial charge in [0, 0.05) is 0 Å². The number of carboxylic acid groups (broad SMARTS) is 1. The van der Waals surface area contributed by atoms with Gasteiger partial charge in [0.1, 0.15) is 0 Å². The fourth-order valence-electron chi connectivity index (χ4n) is 1.17. The summed E-state index contributed by atoms with van der Waals surface area (Å²) in [6.45, 7) is 0.954. The average molecular weight is 282 g/mol. The summed E-state index contributed by atoms with van der Waals surface area (Å²) in [6.07, 6.45) is -4.57. The Hall–Kier alpha value is -1.57. The summed E-state index contributed by atoms with van der Waals surface area (Å²) in [5.74, 6) is -1.56. The number of rotatable bonds is 3. The molecule has 0 saturated carbocycles. The van der Waals surface area contributed by atoms with Crippen LogP contribution in [-0.2, 0) is 20.8 Å². The SMILES string of the molecule is CC(C(=O)O)S(=O)(=O)c1ccc(C(F)(F)F)cc1. The van der Waals surface area contributed by atoms with Crippen molar-refractivity contribution < 1.29 is 31.5 Å². The molecule has 0 amide bonds. The zero-order valence-corrected chi connectivity index (χ0v) is 9.92. The Labute approximate surface area is 101 Å². The Morgan fingerprint density at radius 3 is 2.00 bits per heavy atom. The van der Waals surface area contributed by atoms with E-state index in [4.69, 9.17) is 5.11 Å². The lowest BCUT2D eigenvalue weighted by Gasteiger charge is -2.10. The monoisotopic (exact) mass is 282 g/mol. The maximum absolute atomic E-state index is 12.3. The fourth-order valence-corrected chi connectivity index (χ4v) is 2.36. The van der Waals surface area contributed by atoms with Crippen LogP contribution in [0.1, 0.15) is 12.5 Å². The van der Waals surface area contributed by atoms with Gasteiger partial charge in [-0.1, -0.05) is 0 Å². The van der Waals surface area contributed by atoms with E-state index >= 15 is 0 Å². The van der Waals surface area contributed by atoms with Crippen LogP contribution < -0.4 is 0 Å². The summed E-state index contributed by atoms with van der Waals surface area (Å²) in [6, 6.07) is 2.69. The molecule has 1 rings (SSSR count). The second-order valence-electron chi connectivity index (χ2n) is 3.55. The van der Waals surface area contributed by atoms with E-state index in [1.165, 1.54) is 0 Å². The molecule has 8 heteroatoms. The summed E-state index contributed by atoms with van der Waals surface area (Å²) in [5.41, 5.74) is -0.996. The largest absolute Gasteiger partial charge is 0.480 e. The van der Waals surface area contributed by atoms with E-state index in [1.54, 1.807) is 0 Å². The van der Waals surface area contributed by atoms with Gasteiger partial charge < -0.3 is 5.11 Å². The zero-order valence-electron chi connectivity index (χ0n) is 9.10. The predicted octanol–water partition coefficient (Wildman–Crippen LogP) is 1.95. The number of sulfone groups is 1. The standard InChI is InChI=1S/C10H9F3O4S/c1-6(9(14)15)18(16,17)8-4-2-7(3-5-8)10(11,12)13/h2-6H,1H3,(H,14,15). The molecule has 1 unspecified atom stereocenters. The molecule has 0 saturated heterocycles. The zero-order chi connectivity index (χ0) is 14.1. The van der Waals surface area contributed by atoms with Crippen molar-refractivity contribution in [2.45, 2.75) is 23.2 Å². The first-order valence-electron chi connectivity index (χ1n) is 4.71. The van der Waals surface area contributed by atoms with E-state index in [1.807, 2.05) is 0 Å². The average Bonchev–Trinajstić information content (AvgIpc) is 2.26. The number of carbonyl (C=O) groups is 1. The van der Waals surface area contributed by atoms with Gasteiger partial charge in [0.25, 0.3) is 0 Å². The molecule has 1 N–H and O–H groups in total. The molecule has 0 bridgehead atoms. The number of benzene rings is 1. The van der Waals surface area contributed by atoms with E-state index in [-0.39, 0.29) is 0 Å². The Kier molecular flexibility index (Phi) is 3.70. The number of carboxylic acids is 1. The molecule has 4 nitrogen and oxygen atoms in total. The number of alkyl halides is 3. The van der Waals surface area contributed by atoms with Crippen molar-refractivity contribution in [3.8, 4) is 0 Å². The van der Waals surface area contributed by atoms with Crippen LogP contribution in [0.25, 0.3) is 0 Å². The van der Waals surface area contributed by atoms with Crippen LogP contribution in [0.5, 0.6) is 0 Å². The summed E-state index contributed by atoms with van der Waals surface area (Å²) >= 11 is 0. The van der Waals surface area contributed by atoms with E-state index in [0.29, 0.717) is 12.1 Å². The van der Waals surface area contributed by atoms with Crippen molar-refractivity contribution in [3.05, 3.63) is 29.8 Å². The van der Waals surface area contributed by atoms with Gasteiger partial charge in [0.15, 0.2) is 15.1 Å². The summed E-state index contributed by atoms with van der Waals surface area (Å²) in [5, 5.41) is 6.89. The van der Waals surface area contributed by atoms with Gasteiger partial charge in [-0.25, -0.2) is 8.42 Å². The van der Waals surface area contributed by atoms with Gasteiger partial charge in [-0.2, -0.15) is 13.2 Å². The quantitative estimate of drug-likeness (QED) is 0.919. The molecule has 1 aromatic carbocycles. The third-order valence-electron chi connectivity index (χ3n) is 2.32. The lowest BCUT2D eigenvalue weighted by molar-refractivity contribution is -0.138. The van der Waals surface area contributed by atoms with E-state index in [0.717, 1.165) is 19.1 Å². The van der Waals surface area contributed by atoms with Crippen molar-refractivity contribution in [1.82, 2.24) is 0 Å². The Morgan fingerprint density at radius 1 is 1.22 bits per heavy atom. The van der Waals surface area contributed by atoms with E-state index in [2.05, 4.69) is 0 Å². The van der Waals surface area contributed by atoms with Crippen molar-refractivity contribution in [3.63, 3.8) is 0 Å². The number of hydrogen-bond donors (Lipinski definition) is 1. The van der Waals surface area contributed by atoms with Crippen molar-refractivity contribution in [1.29, 1.82) is 0 Å². The third kappa shape index (κ3) is 2.81. The summed E-state index contributed by atoms with van der Waals surface area (Å²) in [7, 11) is -4.17. The minimum absolute atomic E-state index is 0.453. The highest BCUT2D eigenvalue weighted by atomic mass is 32.2. The van der Waals surface area contributed by atoms with Crippen LogP contribution in [0.2, 0.25) is 0 Å². The minimum atomic E-state index is -4.57. The van der Waals surface area contributed by atoms with Crippen LogP contribution in [0, 0.1) is 0 Å². The Bertz CT molecular complexity index is 545. The highest BCUT2D eigenvalue weighted by molar-refractivity contribution is 7.92. The highest BCUT2D eigenvalue weighted by Crippen LogP contribution is 2.30. The van der Waals surface area contributed by atoms with Gasteiger partial charge in [-0.15, -0.1) is 0 Å². The first-order chi connectivity index (χ1) is 8.06. The van der Waals surface area contributed by atoms with Crippen LogP contribution in [0.15, 0.2) is 29.2 Å². The van der Waals surface area contributed by atoms with Gasteiger partial charge in [0.05, 0.1) is 10.5 Å². The predicted molar refractivity (Wildman–Crippen MR) is 55.7 cm³/mol. The van der Waals surface area contributed by atoms with Crippen LogP contribution >= 0.6 is 0 Å². The molecule has 100 valence electrons. The van der Waals surface area contributed by atoms with Crippen LogP contribution in [0.3, 0.4) is 0 Å². The highest BCUT2D eigenvalue weighted by Gasteiger charge is 2.33. The molecular formula is C10H9F3O4S. The topological polar surface area (TPSA) is 71.4 Å². The molecule has 18 heavy (non-hydrogen) atoms. The van der Waals surface area contributed by atoms with Gasteiger partial charge in [-0.3, -0.25) is 4.79 Å². The minimum Gasteiger partial charge on any atom is -0.480 e. The first kappa shape index (κ1) is 14.5. The first-order valence-corrected chi connectivity index (χ1v) is 6.25. The molecule has 0 aliphatic rings. The van der Waals surface area contributed by atoms with Gasteiger partial charge in [-0.05, 0) is 31.2 Å². The Morgan fingerprint density at radius 2 is 1.67 bits per heavy atom. The number of halogens is 3. The van der Waals surface area contributed by atoms with Gasteiger partial charge >= 0.3 is 12.1 Å². The maximum Gasteiger partial charge on any atom is 0.416 e. The third-order valence-corrected chi connectivity index (χ3v) is 4.39. The molecule has 0 heterocycles. The van der Waals surface area contributed by atoms with Crippen molar-refractivity contribution in [2.75, 3.05) is 0 Å². The molecule has 0 aromatic heterocycles. The maximum atomic E-state index is 12.3. The van der Waals surface area contributed by atoms with Gasteiger partial charge in [0.2, 0.25) is 0 Å². The second kappa shape index (κ2) is 4.60. The molecule has 1 atom stereocenters. The summed E-state index contributed by atoms with van der Waals surface area (Å²) in [4.78, 5) is 10.1. The van der Waals surface area contributed by atoms with Crippen molar-refractivity contribution >= 4 is 15.8 Å². The molecule has 0 aliphatic heterocycles. The van der Waals surface area contributed by atoms with E-state index < -0.39 is 37.7 Å². The van der Waals surface area contributed by atoms with Crippen LogP contribution in [-0.4, -0.2) is 24.7 Å². The van der Waals surface area contributed by atoms with E-state index in [9.17, 15) is 26.4 Å². The molecule has 0 radical (unpaired) electrons. The lowest BCUT2D eigenvalue weighted by Crippen LogP contribution is -2.26. The molecule has 0 spiro atoms.